The Bertz CT molecular complexity index is 366. The van der Waals surface area contributed by atoms with Gasteiger partial charge < -0.3 is 4.90 Å². The summed E-state index contributed by atoms with van der Waals surface area (Å²) in [4.78, 5) is 6.07. The van der Waals surface area contributed by atoms with Crippen LogP contribution in [-0.2, 0) is 0 Å². The van der Waals surface area contributed by atoms with Crippen LogP contribution in [0.5, 0.6) is 0 Å². The molecule has 1 aliphatic rings. The zero-order valence-corrected chi connectivity index (χ0v) is 10.2. The molecule has 0 aromatic carbocycles. The fourth-order valence-electron chi connectivity index (χ4n) is 1.99. The van der Waals surface area contributed by atoms with Crippen LogP contribution in [0.1, 0.15) is 26.2 Å². The van der Waals surface area contributed by atoms with Gasteiger partial charge in [-0.3, -0.25) is 0 Å². The van der Waals surface area contributed by atoms with Gasteiger partial charge in [0.25, 0.3) is 0 Å². The summed E-state index contributed by atoms with van der Waals surface area (Å²) in [5.74, 6) is 0.810. The van der Waals surface area contributed by atoms with E-state index in [1.165, 1.54) is 31.5 Å². The van der Waals surface area contributed by atoms with Gasteiger partial charge in [0.2, 0.25) is 0 Å². The normalized spacial score (nSPS) is 15.9. The number of hydrogen-bond acceptors (Lipinski definition) is 2. The SMILES string of the molecule is CCN(CC1CCC1)c1ncc(Cl)cc1F. The summed E-state index contributed by atoms with van der Waals surface area (Å²) in [5, 5.41) is 0.348. The lowest BCUT2D eigenvalue weighted by atomic mass is 9.85. The fourth-order valence-corrected chi connectivity index (χ4v) is 2.14. The van der Waals surface area contributed by atoms with Crippen LogP contribution in [0, 0.1) is 11.7 Å². The summed E-state index contributed by atoms with van der Waals surface area (Å²) < 4.78 is 13.7. The minimum atomic E-state index is -0.325. The third kappa shape index (κ3) is 2.46. The Hall–Kier alpha value is -0.830. The average Bonchev–Trinajstić information content (AvgIpc) is 2.18. The molecule has 0 atom stereocenters. The molecule has 2 nitrogen and oxygen atoms in total. The molecular weight excluding hydrogens is 227 g/mol. The van der Waals surface area contributed by atoms with Crippen molar-refractivity contribution in [1.29, 1.82) is 0 Å². The second-order valence-electron chi connectivity index (χ2n) is 4.29. The van der Waals surface area contributed by atoms with Crippen molar-refractivity contribution in [3.63, 3.8) is 0 Å². The van der Waals surface area contributed by atoms with E-state index in [1.807, 2.05) is 11.8 Å². The number of anilines is 1. The minimum Gasteiger partial charge on any atom is -0.354 e. The lowest BCUT2D eigenvalue weighted by Crippen LogP contribution is -2.33. The van der Waals surface area contributed by atoms with E-state index in [-0.39, 0.29) is 5.82 Å². The standard InChI is InChI=1S/C12H16ClFN2/c1-2-16(8-9-4-3-5-9)12-11(14)6-10(13)7-15-12/h6-7,9H,2-5,8H2,1H3. The van der Waals surface area contributed by atoms with Gasteiger partial charge in [-0.2, -0.15) is 0 Å². The zero-order valence-electron chi connectivity index (χ0n) is 9.42. The highest BCUT2D eigenvalue weighted by atomic mass is 35.5. The van der Waals surface area contributed by atoms with Gasteiger partial charge in [0.15, 0.2) is 11.6 Å². The molecule has 0 saturated heterocycles. The van der Waals surface area contributed by atoms with Crippen molar-refractivity contribution in [2.24, 2.45) is 5.92 Å². The molecule has 0 spiro atoms. The summed E-state index contributed by atoms with van der Waals surface area (Å²) >= 11 is 5.69. The maximum Gasteiger partial charge on any atom is 0.167 e. The van der Waals surface area contributed by atoms with E-state index >= 15 is 0 Å². The molecule has 16 heavy (non-hydrogen) atoms. The third-order valence-electron chi connectivity index (χ3n) is 3.17. The molecular formula is C12H16ClFN2. The summed E-state index contributed by atoms with van der Waals surface area (Å²) in [6.45, 7) is 3.71. The van der Waals surface area contributed by atoms with Gasteiger partial charge >= 0.3 is 0 Å². The summed E-state index contributed by atoms with van der Waals surface area (Å²) in [7, 11) is 0. The highest BCUT2D eigenvalue weighted by Crippen LogP contribution is 2.29. The molecule has 4 heteroatoms. The molecule has 1 aromatic heterocycles. The Morgan fingerprint density at radius 2 is 2.31 bits per heavy atom. The van der Waals surface area contributed by atoms with Gasteiger partial charge in [-0.05, 0) is 31.7 Å². The van der Waals surface area contributed by atoms with Crippen LogP contribution in [0.3, 0.4) is 0 Å². The quantitative estimate of drug-likeness (QED) is 0.803. The van der Waals surface area contributed by atoms with Gasteiger partial charge in [0.05, 0.1) is 5.02 Å². The van der Waals surface area contributed by atoms with Crippen LogP contribution in [0.25, 0.3) is 0 Å². The molecule has 1 aromatic rings. The monoisotopic (exact) mass is 242 g/mol. The number of aromatic nitrogens is 1. The second kappa shape index (κ2) is 5.00. The Labute approximate surface area is 100 Å². The molecule has 1 heterocycles. The van der Waals surface area contributed by atoms with Crippen molar-refractivity contribution >= 4 is 17.4 Å². The molecule has 0 amide bonds. The first-order valence-electron chi connectivity index (χ1n) is 5.76. The van der Waals surface area contributed by atoms with Crippen molar-refractivity contribution in [1.82, 2.24) is 4.98 Å². The van der Waals surface area contributed by atoms with Gasteiger partial charge in [0, 0.05) is 19.3 Å². The van der Waals surface area contributed by atoms with Crippen molar-refractivity contribution in [3.05, 3.63) is 23.1 Å². The summed E-state index contributed by atoms with van der Waals surface area (Å²) in [6, 6.07) is 1.33. The van der Waals surface area contributed by atoms with Crippen molar-refractivity contribution in [3.8, 4) is 0 Å². The molecule has 0 aliphatic heterocycles. The predicted molar refractivity (Wildman–Crippen MR) is 64.4 cm³/mol. The topological polar surface area (TPSA) is 16.1 Å². The van der Waals surface area contributed by atoms with E-state index in [1.54, 1.807) is 0 Å². The number of nitrogens with zero attached hydrogens (tertiary/aromatic N) is 2. The maximum absolute atomic E-state index is 13.7. The van der Waals surface area contributed by atoms with Crippen LogP contribution in [-0.4, -0.2) is 18.1 Å². The highest BCUT2D eigenvalue weighted by molar-refractivity contribution is 6.30. The van der Waals surface area contributed by atoms with Crippen molar-refractivity contribution < 1.29 is 4.39 Å². The zero-order chi connectivity index (χ0) is 11.5. The molecule has 1 fully saturated rings. The molecule has 1 aliphatic carbocycles. The molecule has 0 radical (unpaired) electrons. The first-order chi connectivity index (χ1) is 7.70. The Balaban J connectivity index is 2.11. The summed E-state index contributed by atoms with van der Waals surface area (Å²) in [5.41, 5.74) is 0. The van der Waals surface area contributed by atoms with Gasteiger partial charge in [-0.15, -0.1) is 0 Å². The second-order valence-corrected chi connectivity index (χ2v) is 4.73. The Morgan fingerprint density at radius 1 is 1.56 bits per heavy atom. The number of hydrogen-bond donors (Lipinski definition) is 0. The molecule has 1 saturated carbocycles. The lowest BCUT2D eigenvalue weighted by Gasteiger charge is -2.32. The van der Waals surface area contributed by atoms with Crippen LogP contribution < -0.4 is 4.90 Å². The van der Waals surface area contributed by atoms with Crippen molar-refractivity contribution in [2.75, 3.05) is 18.0 Å². The molecule has 0 bridgehead atoms. The van der Waals surface area contributed by atoms with E-state index < -0.39 is 0 Å². The van der Waals surface area contributed by atoms with Crippen LogP contribution in [0.2, 0.25) is 5.02 Å². The van der Waals surface area contributed by atoms with Gasteiger partial charge in [0.1, 0.15) is 0 Å². The average molecular weight is 243 g/mol. The maximum atomic E-state index is 13.7. The predicted octanol–water partition coefficient (Wildman–Crippen LogP) is 3.50. The van der Waals surface area contributed by atoms with E-state index in [0.29, 0.717) is 16.8 Å². The van der Waals surface area contributed by atoms with Crippen LogP contribution in [0.15, 0.2) is 12.3 Å². The highest BCUT2D eigenvalue weighted by Gasteiger charge is 2.22. The van der Waals surface area contributed by atoms with Gasteiger partial charge in [-0.1, -0.05) is 18.0 Å². The molecule has 88 valence electrons. The fraction of sp³-hybridized carbons (Fsp3) is 0.583. The molecule has 2 rings (SSSR count). The summed E-state index contributed by atoms with van der Waals surface area (Å²) in [6.07, 6.45) is 5.32. The first-order valence-corrected chi connectivity index (χ1v) is 6.14. The molecule has 0 unspecified atom stereocenters. The number of halogens is 2. The molecule has 0 N–H and O–H groups in total. The van der Waals surface area contributed by atoms with Crippen LogP contribution >= 0.6 is 11.6 Å². The van der Waals surface area contributed by atoms with Crippen molar-refractivity contribution in [2.45, 2.75) is 26.2 Å². The van der Waals surface area contributed by atoms with Crippen LogP contribution in [0.4, 0.5) is 10.2 Å². The minimum absolute atomic E-state index is 0.325. The first kappa shape index (κ1) is 11.6. The third-order valence-corrected chi connectivity index (χ3v) is 3.38. The van der Waals surface area contributed by atoms with E-state index in [9.17, 15) is 4.39 Å². The van der Waals surface area contributed by atoms with Gasteiger partial charge in [-0.25, -0.2) is 9.37 Å². The lowest BCUT2D eigenvalue weighted by molar-refractivity contribution is 0.317. The van der Waals surface area contributed by atoms with E-state index in [4.69, 9.17) is 11.6 Å². The number of rotatable bonds is 4. The van der Waals surface area contributed by atoms with E-state index in [2.05, 4.69) is 4.98 Å². The smallest absolute Gasteiger partial charge is 0.167 e. The Kier molecular flexibility index (Phi) is 3.64. The number of pyridine rings is 1. The van der Waals surface area contributed by atoms with E-state index in [0.717, 1.165) is 13.1 Å². The largest absolute Gasteiger partial charge is 0.354 e. The Morgan fingerprint density at radius 3 is 2.81 bits per heavy atom.